The van der Waals surface area contributed by atoms with Crippen LogP contribution in [0.5, 0.6) is 0 Å². The molecule has 1 heterocycles. The van der Waals surface area contributed by atoms with E-state index in [9.17, 15) is 31.5 Å². The lowest BCUT2D eigenvalue weighted by Crippen LogP contribution is -2.48. The summed E-state index contributed by atoms with van der Waals surface area (Å²) < 4.78 is 60.2. The lowest BCUT2D eigenvalue weighted by atomic mass is 10.2. The zero-order valence-corrected chi connectivity index (χ0v) is 9.70. The molecule has 0 spiro atoms. The topological polar surface area (TPSA) is 107 Å². The van der Waals surface area contributed by atoms with Gasteiger partial charge in [0.05, 0.1) is 6.10 Å². The maximum absolute atomic E-state index is 11.9. The van der Waals surface area contributed by atoms with Gasteiger partial charge < -0.3 is 10.2 Å². The molecule has 1 aliphatic heterocycles. The maximum atomic E-state index is 11.9. The van der Waals surface area contributed by atoms with E-state index in [1.54, 1.807) is 0 Å². The molecule has 3 N–H and O–H groups in total. The first-order valence-corrected chi connectivity index (χ1v) is 6.21. The number of carboxylic acids is 1. The van der Waals surface area contributed by atoms with Gasteiger partial charge in [-0.05, 0) is 0 Å². The van der Waals surface area contributed by atoms with Crippen LogP contribution in [0.2, 0.25) is 0 Å². The van der Waals surface area contributed by atoms with Crippen molar-refractivity contribution in [3.8, 4) is 0 Å². The van der Waals surface area contributed by atoms with Gasteiger partial charge in [-0.25, -0.2) is 0 Å². The van der Waals surface area contributed by atoms with Crippen LogP contribution in [0.4, 0.5) is 13.2 Å². The number of hydrogen-bond donors (Lipinski definition) is 3. The fourth-order valence-corrected chi connectivity index (χ4v) is 2.92. The number of rotatable bonds is 4. The number of nitrogens with zero attached hydrogens (tertiary/aromatic N) is 1. The number of alkyl halides is 3. The smallest absolute Gasteiger partial charge is 0.402 e. The molecule has 0 saturated carbocycles. The second-order valence-electron chi connectivity index (χ2n) is 3.75. The average Bonchev–Trinajstić information content (AvgIpc) is 2.57. The molecule has 1 aliphatic rings. The number of nitrogens with one attached hydrogen (secondary N) is 1. The minimum atomic E-state index is -4.75. The van der Waals surface area contributed by atoms with Crippen LogP contribution >= 0.6 is 0 Å². The molecule has 0 aromatic heterocycles. The van der Waals surface area contributed by atoms with Crippen LogP contribution in [0.1, 0.15) is 6.42 Å². The minimum absolute atomic E-state index is 0.311. The van der Waals surface area contributed by atoms with Gasteiger partial charge in [0.1, 0.15) is 12.6 Å². The molecule has 0 unspecified atom stereocenters. The third-order valence-corrected chi connectivity index (χ3v) is 3.81. The number of halogens is 3. The van der Waals surface area contributed by atoms with Gasteiger partial charge in [0, 0.05) is 13.0 Å². The summed E-state index contributed by atoms with van der Waals surface area (Å²) in [5.74, 6) is -1.52. The number of carbonyl (C=O) groups is 1. The summed E-state index contributed by atoms with van der Waals surface area (Å²) in [6, 6.07) is -1.56. The fourth-order valence-electron chi connectivity index (χ4n) is 1.53. The highest BCUT2D eigenvalue weighted by Crippen LogP contribution is 2.22. The van der Waals surface area contributed by atoms with Gasteiger partial charge in [0.2, 0.25) is 0 Å². The fraction of sp³-hybridized carbons (Fsp3) is 0.857. The number of β-amino-alcohol motifs (C(OH)–C–C–N with tert-alkyl or cyclic N) is 1. The van der Waals surface area contributed by atoms with Gasteiger partial charge in [-0.15, -0.1) is 0 Å². The molecule has 0 amide bonds. The van der Waals surface area contributed by atoms with Gasteiger partial charge in [0.15, 0.2) is 0 Å². The van der Waals surface area contributed by atoms with Gasteiger partial charge in [-0.3, -0.25) is 4.79 Å². The predicted molar refractivity (Wildman–Crippen MR) is 51.7 cm³/mol. The molecule has 0 aromatic carbocycles. The minimum Gasteiger partial charge on any atom is -0.480 e. The highest BCUT2D eigenvalue weighted by molar-refractivity contribution is 7.87. The summed E-state index contributed by atoms with van der Waals surface area (Å²) in [5.41, 5.74) is 0. The number of aliphatic carboxylic acids is 1. The Labute approximate surface area is 100 Å². The van der Waals surface area contributed by atoms with Crippen LogP contribution in [0.25, 0.3) is 0 Å². The van der Waals surface area contributed by atoms with Crippen LogP contribution in [-0.2, 0) is 15.0 Å². The third-order valence-electron chi connectivity index (χ3n) is 2.28. The molecule has 7 nitrogen and oxygen atoms in total. The molecule has 106 valence electrons. The van der Waals surface area contributed by atoms with E-state index in [0.717, 1.165) is 0 Å². The van der Waals surface area contributed by atoms with Crippen LogP contribution in [0.3, 0.4) is 0 Å². The van der Waals surface area contributed by atoms with Crippen molar-refractivity contribution in [2.75, 3.05) is 13.1 Å². The van der Waals surface area contributed by atoms with Crippen molar-refractivity contribution in [3.05, 3.63) is 0 Å². The van der Waals surface area contributed by atoms with E-state index in [0.29, 0.717) is 4.31 Å². The highest BCUT2D eigenvalue weighted by Gasteiger charge is 2.44. The first-order chi connectivity index (χ1) is 8.03. The summed E-state index contributed by atoms with van der Waals surface area (Å²) >= 11 is 0. The molecule has 1 rings (SSSR count). The zero-order chi connectivity index (χ0) is 14.1. The predicted octanol–water partition coefficient (Wildman–Crippen LogP) is -1.10. The summed E-state index contributed by atoms with van der Waals surface area (Å²) in [4.78, 5) is 10.7. The Bertz CT molecular complexity index is 423. The molecule has 1 fully saturated rings. The summed E-state index contributed by atoms with van der Waals surface area (Å²) in [6.45, 7) is -2.35. The summed E-state index contributed by atoms with van der Waals surface area (Å²) in [6.07, 6.45) is -6.32. The molecule has 0 aliphatic carbocycles. The number of hydrogen-bond acceptors (Lipinski definition) is 4. The molecule has 2 atom stereocenters. The Kier molecular flexibility index (Phi) is 4.20. The van der Waals surface area contributed by atoms with Crippen molar-refractivity contribution in [2.45, 2.75) is 24.7 Å². The van der Waals surface area contributed by atoms with Gasteiger partial charge >= 0.3 is 12.1 Å². The molecule has 0 radical (unpaired) electrons. The second-order valence-corrected chi connectivity index (χ2v) is 5.46. The number of aliphatic hydroxyl groups is 1. The standard InChI is InChI=1S/C7H11F3N2O5S/c8-7(9,10)3-11-18(16,17)12-2-4(13)1-5(12)6(14)15/h4-5,11,13H,1-3H2,(H,14,15)/t4-,5-/m1/s1. The average molecular weight is 292 g/mol. The van der Waals surface area contributed by atoms with Gasteiger partial charge in [-0.2, -0.15) is 30.6 Å². The van der Waals surface area contributed by atoms with E-state index in [2.05, 4.69) is 0 Å². The lowest BCUT2D eigenvalue weighted by molar-refractivity contribution is -0.140. The summed E-state index contributed by atoms with van der Waals surface area (Å²) in [7, 11) is -4.60. The van der Waals surface area contributed by atoms with Crippen molar-refractivity contribution in [3.63, 3.8) is 0 Å². The largest absolute Gasteiger partial charge is 0.480 e. The van der Waals surface area contributed by atoms with E-state index in [1.807, 2.05) is 0 Å². The van der Waals surface area contributed by atoms with Crippen molar-refractivity contribution in [1.29, 1.82) is 0 Å². The highest BCUT2D eigenvalue weighted by atomic mass is 32.2. The second kappa shape index (κ2) is 4.99. The Morgan fingerprint density at radius 3 is 2.44 bits per heavy atom. The molecular weight excluding hydrogens is 281 g/mol. The van der Waals surface area contributed by atoms with Crippen LogP contribution in [0, 0.1) is 0 Å². The molecule has 0 bridgehead atoms. The molecule has 1 saturated heterocycles. The van der Waals surface area contributed by atoms with Crippen molar-refractivity contribution in [2.24, 2.45) is 0 Å². The van der Waals surface area contributed by atoms with E-state index < -0.39 is 47.6 Å². The molecule has 11 heteroatoms. The Hall–Kier alpha value is -0.910. The van der Waals surface area contributed by atoms with Crippen molar-refractivity contribution in [1.82, 2.24) is 9.03 Å². The SMILES string of the molecule is O=C(O)[C@H]1C[C@@H](O)CN1S(=O)(=O)NCC(F)(F)F. The quantitative estimate of drug-likeness (QED) is 0.610. The van der Waals surface area contributed by atoms with E-state index in [1.165, 1.54) is 4.72 Å². The Balaban J connectivity index is 2.81. The van der Waals surface area contributed by atoms with Gasteiger partial charge in [-0.1, -0.05) is 0 Å². The van der Waals surface area contributed by atoms with Gasteiger partial charge in [0.25, 0.3) is 10.2 Å². The third kappa shape index (κ3) is 3.80. The Morgan fingerprint density at radius 1 is 1.44 bits per heavy atom. The van der Waals surface area contributed by atoms with E-state index >= 15 is 0 Å². The number of aliphatic hydroxyl groups excluding tert-OH is 1. The molecular formula is C7H11F3N2O5S. The maximum Gasteiger partial charge on any atom is 0.402 e. The van der Waals surface area contributed by atoms with Crippen LogP contribution in [0.15, 0.2) is 0 Å². The normalized spacial score (nSPS) is 26.4. The zero-order valence-electron chi connectivity index (χ0n) is 8.88. The Morgan fingerprint density at radius 2 is 2.00 bits per heavy atom. The summed E-state index contributed by atoms with van der Waals surface area (Å²) in [5, 5.41) is 17.9. The first kappa shape index (κ1) is 15.1. The lowest BCUT2D eigenvalue weighted by Gasteiger charge is -2.21. The monoisotopic (exact) mass is 292 g/mol. The first-order valence-electron chi connectivity index (χ1n) is 4.77. The molecule has 18 heavy (non-hydrogen) atoms. The number of carboxylic acid groups (broad SMARTS) is 1. The van der Waals surface area contributed by atoms with Crippen molar-refractivity contribution < 1.29 is 36.6 Å². The van der Waals surface area contributed by atoms with E-state index in [4.69, 9.17) is 5.11 Å². The van der Waals surface area contributed by atoms with Crippen LogP contribution < -0.4 is 4.72 Å². The van der Waals surface area contributed by atoms with E-state index in [-0.39, 0.29) is 6.42 Å². The van der Waals surface area contributed by atoms with Crippen molar-refractivity contribution >= 4 is 16.2 Å². The molecule has 0 aromatic rings. The van der Waals surface area contributed by atoms with Crippen LogP contribution in [-0.4, -0.2) is 60.3 Å².